The lowest BCUT2D eigenvalue weighted by Crippen LogP contribution is -2.42. The molecule has 1 N–H and O–H groups in total. The van der Waals surface area contributed by atoms with Crippen LogP contribution in [0.5, 0.6) is 0 Å². The Kier molecular flexibility index (Phi) is 3.60. The Hall–Kier alpha value is -1.91. The van der Waals surface area contributed by atoms with E-state index >= 15 is 0 Å². The summed E-state index contributed by atoms with van der Waals surface area (Å²) in [4.78, 5) is 28.8. The number of aryl methyl sites for hydroxylation is 1. The first-order valence-corrected chi connectivity index (χ1v) is 6.02. The van der Waals surface area contributed by atoms with Crippen molar-refractivity contribution in [1.82, 2.24) is 9.88 Å². The predicted octanol–water partition coefficient (Wildman–Crippen LogP) is 1.33. The smallest absolute Gasteiger partial charge is 0.308 e. The average Bonchev–Trinajstić information content (AvgIpc) is 2.38. The molecular formula is C13H16N2O3. The summed E-state index contributed by atoms with van der Waals surface area (Å²) in [6.07, 6.45) is 2.97. The number of pyridine rings is 1. The van der Waals surface area contributed by atoms with Gasteiger partial charge in [-0.2, -0.15) is 0 Å². The monoisotopic (exact) mass is 248 g/mol. The number of hydrogen-bond acceptors (Lipinski definition) is 3. The van der Waals surface area contributed by atoms with Gasteiger partial charge < -0.3 is 10.0 Å². The molecule has 0 saturated carbocycles. The summed E-state index contributed by atoms with van der Waals surface area (Å²) < 4.78 is 0. The largest absolute Gasteiger partial charge is 0.481 e. The van der Waals surface area contributed by atoms with Crippen molar-refractivity contribution in [2.24, 2.45) is 5.92 Å². The third-order valence-electron chi connectivity index (χ3n) is 3.19. The number of hydrogen-bond donors (Lipinski definition) is 1. The van der Waals surface area contributed by atoms with Crippen molar-refractivity contribution >= 4 is 11.9 Å². The molecule has 2 rings (SSSR count). The molecule has 1 aliphatic heterocycles. The minimum absolute atomic E-state index is 0.176. The third-order valence-corrected chi connectivity index (χ3v) is 3.19. The second kappa shape index (κ2) is 5.16. The molecule has 1 saturated heterocycles. The van der Waals surface area contributed by atoms with Crippen LogP contribution >= 0.6 is 0 Å². The number of rotatable bonds is 2. The summed E-state index contributed by atoms with van der Waals surface area (Å²) in [5, 5.41) is 9.00. The Balaban J connectivity index is 2.11. The number of likely N-dealkylation sites (tertiary alicyclic amines) is 1. The van der Waals surface area contributed by atoms with Gasteiger partial charge in [0.1, 0.15) is 5.69 Å². The SMILES string of the molecule is Cc1ccnc(C(=O)N2CCCC(C(=O)O)C2)c1. The molecule has 0 bridgehead atoms. The second-order valence-corrected chi connectivity index (χ2v) is 4.65. The van der Waals surface area contributed by atoms with Crippen LogP contribution in [0.3, 0.4) is 0 Å². The van der Waals surface area contributed by atoms with Gasteiger partial charge in [0.25, 0.3) is 5.91 Å². The first-order valence-electron chi connectivity index (χ1n) is 6.02. The number of carboxylic acid groups (broad SMARTS) is 1. The van der Waals surface area contributed by atoms with Crippen LogP contribution in [0.15, 0.2) is 18.3 Å². The number of aromatic nitrogens is 1. The normalized spacial score (nSPS) is 19.6. The van der Waals surface area contributed by atoms with Gasteiger partial charge in [-0.3, -0.25) is 14.6 Å². The fourth-order valence-corrected chi connectivity index (χ4v) is 2.18. The zero-order chi connectivity index (χ0) is 13.1. The number of nitrogens with zero attached hydrogens (tertiary/aromatic N) is 2. The van der Waals surface area contributed by atoms with E-state index in [0.717, 1.165) is 12.0 Å². The van der Waals surface area contributed by atoms with E-state index in [4.69, 9.17) is 5.11 Å². The highest BCUT2D eigenvalue weighted by Crippen LogP contribution is 2.18. The van der Waals surface area contributed by atoms with Crippen molar-refractivity contribution in [2.45, 2.75) is 19.8 Å². The highest BCUT2D eigenvalue weighted by atomic mass is 16.4. The van der Waals surface area contributed by atoms with Gasteiger partial charge in [0.2, 0.25) is 0 Å². The van der Waals surface area contributed by atoms with E-state index in [-0.39, 0.29) is 12.5 Å². The molecule has 0 aliphatic carbocycles. The van der Waals surface area contributed by atoms with E-state index in [2.05, 4.69) is 4.98 Å². The predicted molar refractivity (Wildman–Crippen MR) is 65.2 cm³/mol. The van der Waals surface area contributed by atoms with Gasteiger partial charge in [-0.05, 0) is 37.5 Å². The second-order valence-electron chi connectivity index (χ2n) is 4.65. The summed E-state index contributed by atoms with van der Waals surface area (Å²) >= 11 is 0. The van der Waals surface area contributed by atoms with E-state index in [1.165, 1.54) is 0 Å². The highest BCUT2D eigenvalue weighted by Gasteiger charge is 2.29. The third kappa shape index (κ3) is 2.67. The molecule has 1 aromatic rings. The van der Waals surface area contributed by atoms with Gasteiger partial charge in [-0.1, -0.05) is 0 Å². The number of aliphatic carboxylic acids is 1. The van der Waals surface area contributed by atoms with Gasteiger partial charge in [0.05, 0.1) is 5.92 Å². The topological polar surface area (TPSA) is 70.5 Å². The van der Waals surface area contributed by atoms with Crippen molar-refractivity contribution in [3.63, 3.8) is 0 Å². The molecule has 5 nitrogen and oxygen atoms in total. The van der Waals surface area contributed by atoms with Gasteiger partial charge >= 0.3 is 5.97 Å². The Bertz CT molecular complexity index is 473. The molecule has 1 atom stereocenters. The summed E-state index contributed by atoms with van der Waals surface area (Å²) in [6.45, 7) is 2.79. The van der Waals surface area contributed by atoms with Crippen LogP contribution in [0, 0.1) is 12.8 Å². The zero-order valence-electron chi connectivity index (χ0n) is 10.3. The fourth-order valence-electron chi connectivity index (χ4n) is 2.18. The number of carboxylic acids is 1. The summed E-state index contributed by atoms with van der Waals surface area (Å²) in [5.41, 5.74) is 1.36. The van der Waals surface area contributed by atoms with Crippen LogP contribution in [0.4, 0.5) is 0 Å². The summed E-state index contributed by atoms with van der Waals surface area (Å²) in [7, 11) is 0. The Morgan fingerprint density at radius 1 is 1.50 bits per heavy atom. The molecule has 18 heavy (non-hydrogen) atoms. The maximum absolute atomic E-state index is 12.2. The molecule has 0 aromatic carbocycles. The van der Waals surface area contributed by atoms with Crippen molar-refractivity contribution in [3.05, 3.63) is 29.6 Å². The molecule has 1 unspecified atom stereocenters. The lowest BCUT2D eigenvalue weighted by molar-refractivity contribution is -0.143. The minimum Gasteiger partial charge on any atom is -0.481 e. The molecule has 2 heterocycles. The fraction of sp³-hybridized carbons (Fsp3) is 0.462. The molecular weight excluding hydrogens is 232 g/mol. The van der Waals surface area contributed by atoms with Crippen molar-refractivity contribution in [1.29, 1.82) is 0 Å². The van der Waals surface area contributed by atoms with E-state index in [1.54, 1.807) is 17.2 Å². The van der Waals surface area contributed by atoms with E-state index < -0.39 is 11.9 Å². The molecule has 1 aliphatic rings. The van der Waals surface area contributed by atoms with Crippen molar-refractivity contribution in [2.75, 3.05) is 13.1 Å². The standard InChI is InChI=1S/C13H16N2O3/c1-9-4-5-14-11(7-9)12(16)15-6-2-3-10(8-15)13(17)18/h4-5,7,10H,2-3,6,8H2,1H3,(H,17,18). The van der Waals surface area contributed by atoms with Crippen LogP contribution in [-0.4, -0.2) is 40.0 Å². The zero-order valence-corrected chi connectivity index (χ0v) is 10.3. The molecule has 96 valence electrons. The number of carbonyl (C=O) groups excluding carboxylic acids is 1. The van der Waals surface area contributed by atoms with Crippen molar-refractivity contribution in [3.8, 4) is 0 Å². The summed E-state index contributed by atoms with van der Waals surface area (Å²) in [5.74, 6) is -1.46. The molecule has 1 aromatic heterocycles. The lowest BCUT2D eigenvalue weighted by atomic mass is 9.98. The van der Waals surface area contributed by atoms with Crippen LogP contribution in [0.1, 0.15) is 28.9 Å². The number of piperidine rings is 1. The van der Waals surface area contributed by atoms with Crippen LogP contribution in [-0.2, 0) is 4.79 Å². The minimum atomic E-state index is -0.829. The van der Waals surface area contributed by atoms with Crippen LogP contribution in [0.2, 0.25) is 0 Å². The van der Waals surface area contributed by atoms with Gasteiger partial charge in [0, 0.05) is 19.3 Å². The highest BCUT2D eigenvalue weighted by molar-refractivity contribution is 5.92. The van der Waals surface area contributed by atoms with Crippen LogP contribution < -0.4 is 0 Å². The number of carbonyl (C=O) groups is 2. The molecule has 5 heteroatoms. The number of amides is 1. The first kappa shape index (κ1) is 12.5. The quantitative estimate of drug-likeness (QED) is 0.857. The summed E-state index contributed by atoms with van der Waals surface area (Å²) in [6, 6.07) is 3.56. The van der Waals surface area contributed by atoms with Gasteiger partial charge in [-0.15, -0.1) is 0 Å². The molecule has 0 spiro atoms. The maximum atomic E-state index is 12.2. The van der Waals surface area contributed by atoms with Gasteiger partial charge in [0.15, 0.2) is 0 Å². The Morgan fingerprint density at radius 3 is 2.94 bits per heavy atom. The lowest BCUT2D eigenvalue weighted by Gasteiger charge is -2.30. The van der Waals surface area contributed by atoms with E-state index in [0.29, 0.717) is 18.7 Å². The van der Waals surface area contributed by atoms with E-state index in [9.17, 15) is 9.59 Å². The Morgan fingerprint density at radius 2 is 2.28 bits per heavy atom. The Labute approximate surface area is 105 Å². The van der Waals surface area contributed by atoms with Crippen LogP contribution in [0.25, 0.3) is 0 Å². The first-order chi connectivity index (χ1) is 8.58. The maximum Gasteiger partial charge on any atom is 0.308 e. The van der Waals surface area contributed by atoms with Crippen molar-refractivity contribution < 1.29 is 14.7 Å². The van der Waals surface area contributed by atoms with E-state index in [1.807, 2.05) is 13.0 Å². The average molecular weight is 248 g/mol. The van der Waals surface area contributed by atoms with Gasteiger partial charge in [-0.25, -0.2) is 0 Å². The molecule has 0 radical (unpaired) electrons. The molecule has 1 fully saturated rings. The molecule has 1 amide bonds.